The Kier molecular flexibility index (Phi) is 35.2. The molecule has 3 unspecified atom stereocenters. The molecule has 0 spiro atoms. The van der Waals surface area contributed by atoms with Gasteiger partial charge in [-0.25, -0.2) is 0 Å². The zero-order chi connectivity index (χ0) is 33.1. The highest BCUT2D eigenvalue weighted by atomic mass is 16.3. The van der Waals surface area contributed by atoms with E-state index in [1.54, 1.807) is 6.08 Å². The molecule has 4 N–H and O–H groups in total. The van der Waals surface area contributed by atoms with Gasteiger partial charge in [0.1, 0.15) is 0 Å². The van der Waals surface area contributed by atoms with Gasteiger partial charge in [0.2, 0.25) is 5.91 Å². The van der Waals surface area contributed by atoms with E-state index >= 15 is 0 Å². The second-order valence-corrected chi connectivity index (χ2v) is 13.9. The quantitative estimate of drug-likeness (QED) is 0.0406. The predicted octanol–water partition coefficient (Wildman–Crippen LogP) is 10.9. The van der Waals surface area contributed by atoms with Crippen LogP contribution in [0.1, 0.15) is 213 Å². The van der Waals surface area contributed by atoms with Gasteiger partial charge >= 0.3 is 0 Å². The first-order valence-electron chi connectivity index (χ1n) is 20.0. The minimum Gasteiger partial charge on any atom is -0.394 e. The lowest BCUT2D eigenvalue weighted by Crippen LogP contribution is -2.45. The van der Waals surface area contributed by atoms with Crippen LogP contribution in [0.5, 0.6) is 0 Å². The van der Waals surface area contributed by atoms with Gasteiger partial charge in [0.05, 0.1) is 31.3 Å². The molecule has 0 aliphatic heterocycles. The normalized spacial score (nSPS) is 13.8. The molecule has 0 fully saturated rings. The molecule has 0 aromatic carbocycles. The van der Waals surface area contributed by atoms with Gasteiger partial charge in [-0.3, -0.25) is 4.79 Å². The largest absolute Gasteiger partial charge is 0.394 e. The van der Waals surface area contributed by atoms with Crippen molar-refractivity contribution in [2.45, 2.75) is 231 Å². The molecule has 0 radical (unpaired) electrons. The molecule has 0 saturated carbocycles. The molecule has 5 heteroatoms. The molecule has 45 heavy (non-hydrogen) atoms. The molecule has 0 rings (SSSR count). The summed E-state index contributed by atoms with van der Waals surface area (Å²) in [5.41, 5.74) is 0. The van der Waals surface area contributed by atoms with E-state index in [-0.39, 0.29) is 18.9 Å². The third-order valence-corrected chi connectivity index (χ3v) is 9.32. The molecule has 0 aliphatic carbocycles. The number of amides is 1. The van der Waals surface area contributed by atoms with Crippen molar-refractivity contribution in [3.05, 3.63) is 12.2 Å². The van der Waals surface area contributed by atoms with Crippen LogP contribution in [-0.4, -0.2) is 46.1 Å². The van der Waals surface area contributed by atoms with Crippen LogP contribution in [-0.2, 0) is 4.79 Å². The first kappa shape index (κ1) is 44.1. The summed E-state index contributed by atoms with van der Waals surface area (Å²) in [7, 11) is 0. The Labute approximate surface area is 280 Å². The number of carbonyl (C=O) groups excluding carboxylic acids is 1. The summed E-state index contributed by atoms with van der Waals surface area (Å²) in [6, 6.07) is -0.737. The number of aliphatic hydroxyl groups excluding tert-OH is 3. The van der Waals surface area contributed by atoms with Gasteiger partial charge in [0.15, 0.2) is 0 Å². The van der Waals surface area contributed by atoms with Crippen LogP contribution in [0.25, 0.3) is 0 Å². The SMILES string of the molecule is CCCCCCCCCC/C=C/C(O)C(CO)NC(=O)CC(O)CCCCCCCCCCCCCCCCCCCCCC. The van der Waals surface area contributed by atoms with E-state index in [2.05, 4.69) is 19.2 Å². The minimum absolute atomic E-state index is 0.0182. The average Bonchev–Trinajstić information content (AvgIpc) is 3.03. The Bertz CT molecular complexity index is 625. The lowest BCUT2D eigenvalue weighted by molar-refractivity contribution is -0.124. The highest BCUT2D eigenvalue weighted by Gasteiger charge is 2.20. The number of unbranched alkanes of at least 4 members (excludes halogenated alkanes) is 27. The molecule has 0 bridgehead atoms. The van der Waals surface area contributed by atoms with E-state index in [1.807, 2.05) is 6.08 Å². The van der Waals surface area contributed by atoms with E-state index in [9.17, 15) is 20.1 Å². The van der Waals surface area contributed by atoms with Crippen molar-refractivity contribution in [3.63, 3.8) is 0 Å². The highest BCUT2D eigenvalue weighted by molar-refractivity contribution is 5.76. The summed E-state index contributed by atoms with van der Waals surface area (Å²) in [5, 5.41) is 33.0. The molecular formula is C40H79NO4. The van der Waals surface area contributed by atoms with Crippen LogP contribution in [0.2, 0.25) is 0 Å². The molecule has 5 nitrogen and oxygen atoms in total. The van der Waals surface area contributed by atoms with E-state index in [0.29, 0.717) is 6.42 Å². The summed E-state index contributed by atoms with van der Waals surface area (Å²) in [6.45, 7) is 4.19. The second-order valence-electron chi connectivity index (χ2n) is 13.9. The topological polar surface area (TPSA) is 89.8 Å². The number of carbonyl (C=O) groups is 1. The van der Waals surface area contributed by atoms with Crippen LogP contribution in [0, 0.1) is 0 Å². The molecule has 3 atom stereocenters. The van der Waals surface area contributed by atoms with Crippen LogP contribution in [0.3, 0.4) is 0 Å². The van der Waals surface area contributed by atoms with Crippen LogP contribution in [0.4, 0.5) is 0 Å². The van der Waals surface area contributed by atoms with E-state index < -0.39 is 18.2 Å². The van der Waals surface area contributed by atoms with Gasteiger partial charge in [0.25, 0.3) is 0 Å². The third-order valence-electron chi connectivity index (χ3n) is 9.32. The zero-order valence-corrected chi connectivity index (χ0v) is 30.3. The summed E-state index contributed by atoms with van der Waals surface area (Å²) >= 11 is 0. The fourth-order valence-electron chi connectivity index (χ4n) is 6.22. The Hall–Kier alpha value is -0.910. The summed E-state index contributed by atoms with van der Waals surface area (Å²) in [6.07, 6.45) is 40.6. The van der Waals surface area contributed by atoms with Crippen molar-refractivity contribution < 1.29 is 20.1 Å². The number of allylic oxidation sites excluding steroid dienone is 1. The maximum absolute atomic E-state index is 12.4. The number of rotatable bonds is 36. The van der Waals surface area contributed by atoms with Gasteiger partial charge in [-0.15, -0.1) is 0 Å². The second kappa shape index (κ2) is 35.9. The van der Waals surface area contributed by atoms with E-state index in [4.69, 9.17) is 0 Å². The maximum Gasteiger partial charge on any atom is 0.222 e. The van der Waals surface area contributed by atoms with Crippen molar-refractivity contribution >= 4 is 5.91 Å². The van der Waals surface area contributed by atoms with Gasteiger partial charge < -0.3 is 20.6 Å². The summed E-state index contributed by atoms with van der Waals surface area (Å²) in [5.74, 6) is -0.315. The summed E-state index contributed by atoms with van der Waals surface area (Å²) < 4.78 is 0. The molecule has 0 aromatic heterocycles. The molecule has 0 saturated heterocycles. The molecule has 268 valence electrons. The molecular weight excluding hydrogens is 558 g/mol. The third kappa shape index (κ3) is 32.8. The Morgan fingerprint density at radius 2 is 0.911 bits per heavy atom. The lowest BCUT2D eigenvalue weighted by atomic mass is 10.0. The molecule has 0 heterocycles. The first-order chi connectivity index (χ1) is 22.0. The molecule has 0 aliphatic rings. The van der Waals surface area contributed by atoms with Crippen molar-refractivity contribution in [2.75, 3.05) is 6.61 Å². The number of hydrogen-bond donors (Lipinski definition) is 4. The summed E-state index contributed by atoms with van der Waals surface area (Å²) in [4.78, 5) is 12.4. The zero-order valence-electron chi connectivity index (χ0n) is 30.3. The fraction of sp³-hybridized carbons (Fsp3) is 0.925. The number of aliphatic hydroxyl groups is 3. The van der Waals surface area contributed by atoms with Crippen molar-refractivity contribution in [2.24, 2.45) is 0 Å². The minimum atomic E-state index is -0.922. The first-order valence-corrected chi connectivity index (χ1v) is 20.0. The van der Waals surface area contributed by atoms with Crippen LogP contribution >= 0.6 is 0 Å². The van der Waals surface area contributed by atoms with E-state index in [1.165, 1.54) is 161 Å². The molecule has 0 aromatic rings. The van der Waals surface area contributed by atoms with Crippen LogP contribution in [0.15, 0.2) is 12.2 Å². The van der Waals surface area contributed by atoms with Gasteiger partial charge in [-0.05, 0) is 19.3 Å². The lowest BCUT2D eigenvalue weighted by Gasteiger charge is -2.21. The standard InChI is InChI=1S/C40H79NO4/c1-3-5-7-9-11-13-15-16-17-18-19-20-21-22-23-24-25-27-29-31-33-37(43)35-40(45)41-38(36-42)39(44)34-32-30-28-26-14-12-10-8-6-4-2/h32,34,37-39,42-44H,3-31,33,35-36H2,1-2H3,(H,41,45)/b34-32+. The monoisotopic (exact) mass is 638 g/mol. The van der Waals surface area contributed by atoms with Gasteiger partial charge in [-0.2, -0.15) is 0 Å². The Balaban J connectivity index is 3.60. The highest BCUT2D eigenvalue weighted by Crippen LogP contribution is 2.16. The van der Waals surface area contributed by atoms with Gasteiger partial charge in [0, 0.05) is 0 Å². The number of hydrogen-bond acceptors (Lipinski definition) is 4. The average molecular weight is 638 g/mol. The number of nitrogens with one attached hydrogen (secondary N) is 1. The Morgan fingerprint density at radius 1 is 0.556 bits per heavy atom. The van der Waals surface area contributed by atoms with E-state index in [0.717, 1.165) is 25.7 Å². The smallest absolute Gasteiger partial charge is 0.222 e. The van der Waals surface area contributed by atoms with Crippen molar-refractivity contribution in [1.82, 2.24) is 5.32 Å². The van der Waals surface area contributed by atoms with Crippen molar-refractivity contribution in [1.29, 1.82) is 0 Å². The molecule has 1 amide bonds. The predicted molar refractivity (Wildman–Crippen MR) is 195 cm³/mol. The van der Waals surface area contributed by atoms with Crippen molar-refractivity contribution in [3.8, 4) is 0 Å². The van der Waals surface area contributed by atoms with Gasteiger partial charge in [-0.1, -0.05) is 199 Å². The van der Waals surface area contributed by atoms with Crippen LogP contribution < -0.4 is 5.32 Å². The fourth-order valence-corrected chi connectivity index (χ4v) is 6.22. The maximum atomic E-state index is 12.4. The Morgan fingerprint density at radius 3 is 1.29 bits per heavy atom.